The van der Waals surface area contributed by atoms with Crippen molar-refractivity contribution in [3.8, 4) is 5.69 Å². The molecule has 0 radical (unpaired) electrons. The molecule has 0 aliphatic carbocycles. The van der Waals surface area contributed by atoms with Crippen LogP contribution in [0.4, 0.5) is 5.69 Å². The molecule has 21 heavy (non-hydrogen) atoms. The molecule has 8 heteroatoms. The summed E-state index contributed by atoms with van der Waals surface area (Å²) >= 11 is 0. The van der Waals surface area contributed by atoms with E-state index in [2.05, 4.69) is 26.0 Å². The number of hydrogen-bond acceptors (Lipinski definition) is 6. The maximum absolute atomic E-state index is 12.0. The summed E-state index contributed by atoms with van der Waals surface area (Å²) in [4.78, 5) is 12.0. The normalized spacial score (nSPS) is 10.6. The van der Waals surface area contributed by atoms with E-state index in [1.165, 1.54) is 11.0 Å². The fraction of sp³-hybridized carbons (Fsp3) is 0.154. The molecule has 0 saturated heterocycles. The van der Waals surface area contributed by atoms with E-state index in [9.17, 15) is 4.79 Å². The van der Waals surface area contributed by atoms with Gasteiger partial charge in [-0.3, -0.25) is 4.79 Å². The number of aryl methyl sites for hydroxylation is 2. The zero-order valence-corrected chi connectivity index (χ0v) is 11.4. The van der Waals surface area contributed by atoms with Crippen molar-refractivity contribution in [2.24, 2.45) is 0 Å². The Morgan fingerprint density at radius 1 is 1.29 bits per heavy atom. The smallest absolute Gasteiger partial charge is 0.294 e. The van der Waals surface area contributed by atoms with Gasteiger partial charge in [0.15, 0.2) is 0 Å². The molecule has 3 aromatic rings. The van der Waals surface area contributed by atoms with Gasteiger partial charge >= 0.3 is 0 Å². The number of hydrogen-bond donors (Lipinski definition) is 1. The minimum absolute atomic E-state index is 0.164. The van der Waals surface area contributed by atoms with E-state index >= 15 is 0 Å². The second-order valence-electron chi connectivity index (χ2n) is 4.54. The van der Waals surface area contributed by atoms with Crippen molar-refractivity contribution in [2.45, 2.75) is 13.8 Å². The van der Waals surface area contributed by atoms with Gasteiger partial charge in [0.2, 0.25) is 5.76 Å². The van der Waals surface area contributed by atoms with Gasteiger partial charge in [0.25, 0.3) is 5.91 Å². The van der Waals surface area contributed by atoms with Crippen LogP contribution < -0.4 is 5.32 Å². The van der Waals surface area contributed by atoms with Crippen LogP contribution in [0.1, 0.15) is 21.8 Å². The summed E-state index contributed by atoms with van der Waals surface area (Å²) in [6, 6.07) is 7.03. The molecule has 0 fully saturated rings. The van der Waals surface area contributed by atoms with E-state index < -0.39 is 0 Å². The number of carbonyl (C=O) groups is 1. The highest BCUT2D eigenvalue weighted by Gasteiger charge is 2.13. The molecule has 1 N–H and O–H groups in total. The van der Waals surface area contributed by atoms with E-state index in [1.54, 1.807) is 25.1 Å². The third-order valence-electron chi connectivity index (χ3n) is 2.91. The van der Waals surface area contributed by atoms with Crippen molar-refractivity contribution in [1.29, 1.82) is 0 Å². The summed E-state index contributed by atoms with van der Waals surface area (Å²) in [7, 11) is 0. The Hall–Kier alpha value is -3.03. The number of carbonyl (C=O) groups excluding carboxylic acids is 1. The number of anilines is 1. The zero-order valence-electron chi connectivity index (χ0n) is 11.4. The lowest BCUT2D eigenvalue weighted by Crippen LogP contribution is -2.11. The Morgan fingerprint density at radius 3 is 2.81 bits per heavy atom. The van der Waals surface area contributed by atoms with Crippen molar-refractivity contribution < 1.29 is 9.32 Å². The third kappa shape index (κ3) is 2.64. The minimum atomic E-state index is -0.359. The van der Waals surface area contributed by atoms with Crippen LogP contribution in [0.5, 0.6) is 0 Å². The van der Waals surface area contributed by atoms with Gasteiger partial charge in [0.1, 0.15) is 6.33 Å². The zero-order chi connectivity index (χ0) is 14.8. The Bertz CT molecular complexity index is 778. The van der Waals surface area contributed by atoms with Gasteiger partial charge in [-0.1, -0.05) is 11.2 Å². The average Bonchev–Trinajstić information content (AvgIpc) is 3.12. The van der Waals surface area contributed by atoms with E-state index in [1.807, 2.05) is 13.0 Å². The van der Waals surface area contributed by atoms with Gasteiger partial charge in [0.05, 0.1) is 11.4 Å². The molecule has 3 rings (SSSR count). The molecule has 0 bridgehead atoms. The lowest BCUT2D eigenvalue weighted by Gasteiger charge is -2.08. The van der Waals surface area contributed by atoms with Crippen LogP contribution >= 0.6 is 0 Å². The molecule has 106 valence electrons. The van der Waals surface area contributed by atoms with E-state index in [0.29, 0.717) is 11.4 Å². The van der Waals surface area contributed by atoms with E-state index in [-0.39, 0.29) is 11.7 Å². The number of benzene rings is 1. The average molecular weight is 284 g/mol. The van der Waals surface area contributed by atoms with Crippen LogP contribution in [-0.2, 0) is 0 Å². The number of nitrogens with one attached hydrogen (secondary N) is 1. The minimum Gasteiger partial charge on any atom is -0.351 e. The summed E-state index contributed by atoms with van der Waals surface area (Å²) < 4.78 is 6.46. The van der Waals surface area contributed by atoms with Gasteiger partial charge in [-0.25, -0.2) is 4.68 Å². The Balaban J connectivity index is 1.86. The van der Waals surface area contributed by atoms with Crippen LogP contribution in [0.3, 0.4) is 0 Å². The third-order valence-corrected chi connectivity index (χ3v) is 2.91. The summed E-state index contributed by atoms with van der Waals surface area (Å²) in [6.45, 7) is 3.68. The first-order valence-electron chi connectivity index (χ1n) is 6.22. The summed E-state index contributed by atoms with van der Waals surface area (Å²) in [5, 5.41) is 17.5. The van der Waals surface area contributed by atoms with Crippen molar-refractivity contribution in [1.82, 2.24) is 25.4 Å². The lowest BCUT2D eigenvalue weighted by atomic mass is 10.2. The molecular weight excluding hydrogens is 272 g/mol. The summed E-state index contributed by atoms with van der Waals surface area (Å²) in [6.07, 6.45) is 1.49. The predicted octanol–water partition coefficient (Wildman–Crippen LogP) is 1.52. The number of tetrazole rings is 1. The largest absolute Gasteiger partial charge is 0.351 e. The molecule has 8 nitrogen and oxygen atoms in total. The second kappa shape index (κ2) is 5.16. The van der Waals surface area contributed by atoms with Crippen molar-refractivity contribution in [2.75, 3.05) is 5.32 Å². The van der Waals surface area contributed by atoms with Crippen molar-refractivity contribution in [3.05, 3.63) is 47.6 Å². The van der Waals surface area contributed by atoms with E-state index in [4.69, 9.17) is 4.52 Å². The highest BCUT2D eigenvalue weighted by molar-refractivity contribution is 6.02. The molecule has 2 heterocycles. The van der Waals surface area contributed by atoms with Gasteiger partial charge in [-0.2, -0.15) is 0 Å². The molecular formula is C13H12N6O2. The van der Waals surface area contributed by atoms with Crippen molar-refractivity contribution >= 4 is 11.6 Å². The Kier molecular flexibility index (Phi) is 3.19. The molecule has 0 unspecified atom stereocenters. The number of nitrogens with zero attached hydrogens (tertiary/aromatic N) is 5. The second-order valence-corrected chi connectivity index (χ2v) is 4.54. The number of amides is 1. The monoisotopic (exact) mass is 284 g/mol. The molecule has 1 amide bonds. The fourth-order valence-corrected chi connectivity index (χ4v) is 1.87. The Morgan fingerprint density at radius 2 is 2.14 bits per heavy atom. The SMILES string of the molecule is Cc1cc(C(=O)Nc2ccc(C)c(-n3cnnn3)c2)on1. The van der Waals surface area contributed by atoms with Crippen LogP contribution in [0.25, 0.3) is 5.69 Å². The van der Waals surface area contributed by atoms with Gasteiger partial charge in [-0.05, 0) is 42.0 Å². The van der Waals surface area contributed by atoms with Gasteiger partial charge in [0, 0.05) is 11.8 Å². The molecule has 0 aliphatic rings. The molecule has 2 aromatic heterocycles. The lowest BCUT2D eigenvalue weighted by molar-refractivity contribution is 0.0988. The maximum Gasteiger partial charge on any atom is 0.294 e. The van der Waals surface area contributed by atoms with Gasteiger partial charge < -0.3 is 9.84 Å². The standard InChI is InChI=1S/C13H12N6O2/c1-8-3-4-10(6-11(8)19-7-14-17-18-19)15-13(20)12-5-9(2)16-21-12/h3-7H,1-2H3,(H,15,20). The predicted molar refractivity (Wildman–Crippen MR) is 73.1 cm³/mol. The van der Waals surface area contributed by atoms with Crippen LogP contribution in [0.2, 0.25) is 0 Å². The van der Waals surface area contributed by atoms with Crippen molar-refractivity contribution in [3.63, 3.8) is 0 Å². The first-order chi connectivity index (χ1) is 10.1. The summed E-state index contributed by atoms with van der Waals surface area (Å²) in [5.74, 6) is -0.195. The van der Waals surface area contributed by atoms with Crippen LogP contribution in [0.15, 0.2) is 35.1 Å². The Labute approximate surface area is 119 Å². The fourth-order valence-electron chi connectivity index (χ4n) is 1.87. The van der Waals surface area contributed by atoms with Gasteiger partial charge in [-0.15, -0.1) is 5.10 Å². The highest BCUT2D eigenvalue weighted by Crippen LogP contribution is 2.19. The maximum atomic E-state index is 12.0. The highest BCUT2D eigenvalue weighted by atomic mass is 16.5. The first-order valence-corrected chi connectivity index (χ1v) is 6.22. The molecule has 1 aromatic carbocycles. The number of rotatable bonds is 3. The number of aromatic nitrogens is 5. The molecule has 0 aliphatic heterocycles. The van der Waals surface area contributed by atoms with Crippen LogP contribution in [-0.4, -0.2) is 31.3 Å². The molecule has 0 spiro atoms. The summed E-state index contributed by atoms with van der Waals surface area (Å²) in [5.41, 5.74) is 3.03. The van der Waals surface area contributed by atoms with Crippen LogP contribution in [0, 0.1) is 13.8 Å². The first kappa shape index (κ1) is 13.0. The quantitative estimate of drug-likeness (QED) is 0.782. The van der Waals surface area contributed by atoms with E-state index in [0.717, 1.165) is 11.3 Å². The molecule has 0 atom stereocenters. The topological polar surface area (TPSA) is 98.7 Å². The molecule has 0 saturated carbocycles.